The van der Waals surface area contributed by atoms with Gasteiger partial charge in [0.1, 0.15) is 5.82 Å². The minimum atomic E-state index is 0.502. The van der Waals surface area contributed by atoms with Crippen LogP contribution in [0.3, 0.4) is 0 Å². The van der Waals surface area contributed by atoms with Crippen molar-refractivity contribution in [3.63, 3.8) is 0 Å². The molecule has 0 unspecified atom stereocenters. The first-order chi connectivity index (χ1) is 7.20. The summed E-state index contributed by atoms with van der Waals surface area (Å²) in [5.74, 6) is 1.59. The minimum absolute atomic E-state index is 0.502. The highest BCUT2D eigenvalue weighted by Gasteiger charge is 2.17. The Balaban J connectivity index is 3.00. The molecule has 1 rings (SSSR count). The van der Waals surface area contributed by atoms with Crippen molar-refractivity contribution in [2.45, 2.75) is 33.6 Å². The second-order valence-electron chi connectivity index (χ2n) is 4.29. The van der Waals surface area contributed by atoms with Crippen LogP contribution in [0.5, 0.6) is 0 Å². The average Bonchev–Trinajstić information content (AvgIpc) is 2.71. The summed E-state index contributed by atoms with van der Waals surface area (Å²) in [5, 5.41) is 0. The maximum absolute atomic E-state index is 4.21. The van der Waals surface area contributed by atoms with E-state index in [9.17, 15) is 0 Å². The van der Waals surface area contributed by atoms with Gasteiger partial charge in [0.25, 0.3) is 0 Å². The zero-order valence-corrected chi connectivity index (χ0v) is 10.2. The van der Waals surface area contributed by atoms with Gasteiger partial charge in [-0.3, -0.25) is 0 Å². The maximum Gasteiger partial charge on any atom is 0.131 e. The highest BCUT2D eigenvalue weighted by atomic mass is 15.2. The molecule has 2 heteroatoms. The Hall–Kier alpha value is -1.05. The van der Waals surface area contributed by atoms with Gasteiger partial charge in [-0.1, -0.05) is 26.0 Å². The van der Waals surface area contributed by atoms with E-state index in [2.05, 4.69) is 42.6 Å². The monoisotopic (exact) mass is 206 g/mol. The van der Waals surface area contributed by atoms with Crippen molar-refractivity contribution in [2.24, 2.45) is 10.9 Å². The third-order valence-corrected chi connectivity index (χ3v) is 2.78. The van der Waals surface area contributed by atoms with Crippen LogP contribution in [0.2, 0.25) is 0 Å². The molecule has 0 aliphatic carbocycles. The van der Waals surface area contributed by atoms with Gasteiger partial charge in [0.05, 0.1) is 0 Å². The van der Waals surface area contributed by atoms with Crippen molar-refractivity contribution in [3.05, 3.63) is 23.5 Å². The summed E-state index contributed by atoms with van der Waals surface area (Å²) in [4.78, 5) is 6.56. The normalized spacial score (nSPS) is 18.8. The molecule has 0 aromatic carbocycles. The summed E-state index contributed by atoms with van der Waals surface area (Å²) in [6, 6.07) is 0. The summed E-state index contributed by atoms with van der Waals surface area (Å²) in [5.41, 5.74) is 1.30. The SMILES string of the molecule is C=N/C(=C(\C=C/C)C(C)C)N1CCCC1. The molecular formula is C13H22N2. The topological polar surface area (TPSA) is 15.6 Å². The zero-order valence-electron chi connectivity index (χ0n) is 10.2. The molecule has 0 amide bonds. The molecule has 0 aromatic rings. The molecule has 0 aromatic heterocycles. The van der Waals surface area contributed by atoms with Crippen molar-refractivity contribution in [3.8, 4) is 0 Å². The fourth-order valence-corrected chi connectivity index (χ4v) is 2.01. The molecule has 0 N–H and O–H groups in total. The van der Waals surface area contributed by atoms with E-state index in [0.29, 0.717) is 5.92 Å². The van der Waals surface area contributed by atoms with Crippen LogP contribution in [0.1, 0.15) is 33.6 Å². The predicted octanol–water partition coefficient (Wildman–Crippen LogP) is 3.23. The first-order valence-electron chi connectivity index (χ1n) is 5.79. The number of rotatable bonds is 4. The van der Waals surface area contributed by atoms with Crippen LogP contribution >= 0.6 is 0 Å². The van der Waals surface area contributed by atoms with Gasteiger partial charge < -0.3 is 4.90 Å². The van der Waals surface area contributed by atoms with Crippen LogP contribution < -0.4 is 0 Å². The third-order valence-electron chi connectivity index (χ3n) is 2.78. The minimum Gasteiger partial charge on any atom is -0.356 e. The lowest BCUT2D eigenvalue weighted by Crippen LogP contribution is -2.20. The third kappa shape index (κ3) is 2.95. The van der Waals surface area contributed by atoms with E-state index >= 15 is 0 Å². The largest absolute Gasteiger partial charge is 0.356 e. The second-order valence-corrected chi connectivity index (χ2v) is 4.29. The van der Waals surface area contributed by atoms with E-state index in [4.69, 9.17) is 0 Å². The molecule has 1 fully saturated rings. The first-order valence-corrected chi connectivity index (χ1v) is 5.79. The van der Waals surface area contributed by atoms with Gasteiger partial charge in [0.15, 0.2) is 0 Å². The molecule has 84 valence electrons. The van der Waals surface area contributed by atoms with E-state index in [0.717, 1.165) is 18.9 Å². The highest BCUT2D eigenvalue weighted by molar-refractivity contribution is 5.34. The summed E-state index contributed by atoms with van der Waals surface area (Å²) in [6.45, 7) is 12.4. The number of aliphatic imine (C=N–C) groups is 1. The Bertz CT molecular complexity index is 268. The summed E-state index contributed by atoms with van der Waals surface area (Å²) < 4.78 is 0. The number of likely N-dealkylation sites (tertiary alicyclic amines) is 1. The Morgan fingerprint density at radius 1 is 1.33 bits per heavy atom. The maximum atomic E-state index is 4.21. The summed E-state index contributed by atoms with van der Waals surface area (Å²) >= 11 is 0. The molecule has 1 aliphatic rings. The van der Waals surface area contributed by atoms with Crippen molar-refractivity contribution < 1.29 is 0 Å². The average molecular weight is 206 g/mol. The van der Waals surface area contributed by atoms with Crippen molar-refractivity contribution in [1.82, 2.24) is 4.90 Å². The molecule has 0 bridgehead atoms. The Morgan fingerprint density at radius 3 is 2.33 bits per heavy atom. The van der Waals surface area contributed by atoms with Gasteiger partial charge in [-0.15, -0.1) is 0 Å². The van der Waals surface area contributed by atoms with Gasteiger partial charge in [-0.05, 0) is 38.0 Å². The number of hydrogen-bond donors (Lipinski definition) is 0. The highest BCUT2D eigenvalue weighted by Crippen LogP contribution is 2.23. The van der Waals surface area contributed by atoms with E-state index in [-0.39, 0.29) is 0 Å². The fourth-order valence-electron chi connectivity index (χ4n) is 2.01. The molecule has 2 nitrogen and oxygen atoms in total. The van der Waals surface area contributed by atoms with Gasteiger partial charge >= 0.3 is 0 Å². The molecule has 1 heterocycles. The smallest absolute Gasteiger partial charge is 0.131 e. The van der Waals surface area contributed by atoms with Crippen LogP contribution in [0, 0.1) is 5.92 Å². The molecule has 0 saturated carbocycles. The summed E-state index contributed by atoms with van der Waals surface area (Å²) in [6.07, 6.45) is 6.80. The van der Waals surface area contributed by atoms with E-state index in [1.54, 1.807) is 0 Å². The Morgan fingerprint density at radius 2 is 1.93 bits per heavy atom. The lowest BCUT2D eigenvalue weighted by molar-refractivity contribution is 0.414. The quantitative estimate of drug-likeness (QED) is 0.509. The molecule has 1 saturated heterocycles. The molecular weight excluding hydrogens is 184 g/mol. The van der Waals surface area contributed by atoms with Gasteiger partial charge in [0, 0.05) is 13.1 Å². The van der Waals surface area contributed by atoms with Crippen LogP contribution in [0.15, 0.2) is 28.5 Å². The second kappa shape index (κ2) is 5.74. The van der Waals surface area contributed by atoms with Crippen LogP contribution in [-0.4, -0.2) is 24.7 Å². The Kier molecular flexibility index (Phi) is 4.60. The lowest BCUT2D eigenvalue weighted by Gasteiger charge is -2.22. The lowest BCUT2D eigenvalue weighted by atomic mass is 10.0. The number of nitrogens with zero attached hydrogens (tertiary/aromatic N) is 2. The molecule has 0 spiro atoms. The standard InChI is InChI=1S/C13H22N2/c1-5-8-12(11(2)3)13(14-4)15-9-6-7-10-15/h5,8,11H,4,6-7,9-10H2,1-3H3/b8-5-,13-12-. The van der Waals surface area contributed by atoms with E-state index in [1.807, 2.05) is 6.92 Å². The number of hydrogen-bond acceptors (Lipinski definition) is 2. The first kappa shape index (κ1) is 12.0. The number of allylic oxidation sites excluding steroid dienone is 3. The van der Waals surface area contributed by atoms with Crippen LogP contribution in [0.25, 0.3) is 0 Å². The molecule has 15 heavy (non-hydrogen) atoms. The summed E-state index contributed by atoms with van der Waals surface area (Å²) in [7, 11) is 0. The molecule has 0 atom stereocenters. The van der Waals surface area contributed by atoms with Gasteiger partial charge in [-0.25, -0.2) is 4.99 Å². The Labute approximate surface area is 93.4 Å². The van der Waals surface area contributed by atoms with Crippen molar-refractivity contribution in [2.75, 3.05) is 13.1 Å². The van der Waals surface area contributed by atoms with Crippen LogP contribution in [0.4, 0.5) is 0 Å². The molecule has 1 aliphatic heterocycles. The van der Waals surface area contributed by atoms with E-state index in [1.165, 1.54) is 18.4 Å². The van der Waals surface area contributed by atoms with Crippen LogP contribution in [-0.2, 0) is 0 Å². The van der Waals surface area contributed by atoms with Gasteiger partial charge in [-0.2, -0.15) is 0 Å². The van der Waals surface area contributed by atoms with Gasteiger partial charge in [0.2, 0.25) is 0 Å². The predicted molar refractivity (Wildman–Crippen MR) is 67.0 cm³/mol. The van der Waals surface area contributed by atoms with Crippen molar-refractivity contribution in [1.29, 1.82) is 0 Å². The molecule has 0 radical (unpaired) electrons. The fraction of sp³-hybridized carbons (Fsp3) is 0.615. The van der Waals surface area contributed by atoms with Crippen molar-refractivity contribution >= 4 is 6.72 Å². The van der Waals surface area contributed by atoms with E-state index < -0.39 is 0 Å². The zero-order chi connectivity index (χ0) is 11.3.